The van der Waals surface area contributed by atoms with Crippen molar-refractivity contribution in [2.75, 3.05) is 6.61 Å². The molecule has 5 nitrogen and oxygen atoms in total. The van der Waals surface area contributed by atoms with Crippen molar-refractivity contribution in [3.8, 4) is 0 Å². The van der Waals surface area contributed by atoms with E-state index < -0.39 is 0 Å². The Morgan fingerprint density at radius 2 is 2.30 bits per heavy atom. The molecule has 2 aromatic rings. The van der Waals surface area contributed by atoms with Crippen LogP contribution in [0.2, 0.25) is 0 Å². The van der Waals surface area contributed by atoms with Gasteiger partial charge in [-0.25, -0.2) is 0 Å². The maximum atomic E-state index is 11.0. The van der Waals surface area contributed by atoms with E-state index in [1.807, 2.05) is 18.3 Å². The van der Waals surface area contributed by atoms with Gasteiger partial charge in [0.15, 0.2) is 0 Å². The third-order valence-corrected chi connectivity index (χ3v) is 3.94. The zero-order chi connectivity index (χ0) is 13.9. The second-order valence-corrected chi connectivity index (χ2v) is 5.25. The van der Waals surface area contributed by atoms with Gasteiger partial charge in [0, 0.05) is 25.4 Å². The van der Waals surface area contributed by atoms with Crippen LogP contribution in [0.1, 0.15) is 25.7 Å². The predicted octanol–water partition coefficient (Wildman–Crippen LogP) is 3.51. The predicted molar refractivity (Wildman–Crippen MR) is 76.8 cm³/mol. The first-order valence-corrected chi connectivity index (χ1v) is 7.09. The number of aryl methyl sites for hydroxylation is 1. The highest BCUT2D eigenvalue weighted by Gasteiger charge is 2.16. The third kappa shape index (κ3) is 2.54. The Bertz CT molecular complexity index is 615. The number of rotatable bonds is 5. The summed E-state index contributed by atoms with van der Waals surface area (Å²) < 4.78 is 7.71. The zero-order valence-electron chi connectivity index (χ0n) is 11.3. The van der Waals surface area contributed by atoms with Crippen LogP contribution in [0.5, 0.6) is 0 Å². The molecule has 1 aromatic heterocycles. The van der Waals surface area contributed by atoms with E-state index in [1.165, 1.54) is 6.42 Å². The Labute approximate surface area is 117 Å². The Morgan fingerprint density at radius 1 is 1.40 bits per heavy atom. The van der Waals surface area contributed by atoms with Gasteiger partial charge in [-0.15, -0.1) is 0 Å². The lowest BCUT2D eigenvalue weighted by Crippen LogP contribution is -2.06. The average Bonchev–Trinajstić information content (AvgIpc) is 3.08. The van der Waals surface area contributed by atoms with E-state index in [-0.39, 0.29) is 10.6 Å². The third-order valence-electron chi connectivity index (χ3n) is 3.94. The number of nitro groups is 1. The number of nitro benzene ring substituents is 1. The lowest BCUT2D eigenvalue weighted by molar-refractivity contribution is -0.383. The molecule has 1 aliphatic rings. The summed E-state index contributed by atoms with van der Waals surface area (Å²) >= 11 is 0. The van der Waals surface area contributed by atoms with Crippen LogP contribution in [-0.4, -0.2) is 22.2 Å². The largest absolute Gasteiger partial charge is 0.378 e. The summed E-state index contributed by atoms with van der Waals surface area (Å²) in [6, 6.07) is 7.07. The minimum absolute atomic E-state index is 0.181. The number of fused-ring (bicyclic) bond motifs is 1. The normalized spacial score (nSPS) is 18.7. The fourth-order valence-electron chi connectivity index (χ4n) is 2.92. The molecule has 1 aromatic carbocycles. The van der Waals surface area contributed by atoms with E-state index >= 15 is 0 Å². The quantitative estimate of drug-likeness (QED) is 0.619. The SMILES string of the molecule is O=[N+]([O-])c1cccc2c1ccn2CCCC1CCCO1. The zero-order valence-corrected chi connectivity index (χ0v) is 11.3. The molecular weight excluding hydrogens is 256 g/mol. The molecule has 0 saturated carbocycles. The minimum Gasteiger partial charge on any atom is -0.378 e. The summed E-state index contributed by atoms with van der Waals surface area (Å²) in [6.07, 6.45) is 6.78. The van der Waals surface area contributed by atoms with Crippen LogP contribution in [0, 0.1) is 10.1 Å². The Hall–Kier alpha value is -1.88. The Kier molecular flexibility index (Phi) is 3.69. The highest BCUT2D eigenvalue weighted by Crippen LogP contribution is 2.26. The summed E-state index contributed by atoms with van der Waals surface area (Å²) in [4.78, 5) is 10.7. The number of ether oxygens (including phenoxy) is 1. The van der Waals surface area contributed by atoms with Crippen molar-refractivity contribution in [3.63, 3.8) is 0 Å². The summed E-state index contributed by atoms with van der Waals surface area (Å²) in [7, 11) is 0. The van der Waals surface area contributed by atoms with Gasteiger partial charge in [-0.3, -0.25) is 10.1 Å². The smallest absolute Gasteiger partial charge is 0.278 e. The van der Waals surface area contributed by atoms with Crippen molar-refractivity contribution >= 4 is 16.6 Å². The van der Waals surface area contributed by atoms with Crippen LogP contribution in [0.15, 0.2) is 30.5 Å². The summed E-state index contributed by atoms with van der Waals surface area (Å²) in [6.45, 7) is 1.77. The fourth-order valence-corrected chi connectivity index (χ4v) is 2.92. The Balaban J connectivity index is 1.72. The first-order chi connectivity index (χ1) is 9.75. The molecule has 0 aliphatic carbocycles. The van der Waals surface area contributed by atoms with Gasteiger partial charge in [0.1, 0.15) is 0 Å². The second kappa shape index (κ2) is 5.63. The summed E-state index contributed by atoms with van der Waals surface area (Å²) in [5.41, 5.74) is 1.12. The summed E-state index contributed by atoms with van der Waals surface area (Å²) in [5.74, 6) is 0. The molecule has 0 bridgehead atoms. The van der Waals surface area contributed by atoms with Crippen LogP contribution in [-0.2, 0) is 11.3 Å². The number of benzene rings is 1. The van der Waals surface area contributed by atoms with E-state index in [0.29, 0.717) is 6.10 Å². The molecular formula is C15H18N2O3. The first kappa shape index (κ1) is 13.1. The molecule has 0 N–H and O–H groups in total. The lowest BCUT2D eigenvalue weighted by atomic mass is 10.1. The molecule has 106 valence electrons. The van der Waals surface area contributed by atoms with E-state index in [0.717, 1.165) is 43.3 Å². The molecule has 1 fully saturated rings. The van der Waals surface area contributed by atoms with Crippen LogP contribution >= 0.6 is 0 Å². The maximum absolute atomic E-state index is 11.0. The van der Waals surface area contributed by atoms with Gasteiger partial charge < -0.3 is 9.30 Å². The molecule has 3 rings (SSSR count). The van der Waals surface area contributed by atoms with Gasteiger partial charge in [0.05, 0.1) is 21.9 Å². The van der Waals surface area contributed by atoms with Gasteiger partial charge >= 0.3 is 0 Å². The molecule has 1 unspecified atom stereocenters. The van der Waals surface area contributed by atoms with E-state index in [9.17, 15) is 10.1 Å². The number of hydrogen-bond acceptors (Lipinski definition) is 3. The van der Waals surface area contributed by atoms with Gasteiger partial charge in [0.2, 0.25) is 0 Å². The van der Waals surface area contributed by atoms with Crippen molar-refractivity contribution in [1.82, 2.24) is 4.57 Å². The number of hydrogen-bond donors (Lipinski definition) is 0. The van der Waals surface area contributed by atoms with Crippen molar-refractivity contribution in [2.24, 2.45) is 0 Å². The summed E-state index contributed by atoms with van der Waals surface area (Å²) in [5, 5.41) is 11.7. The standard InChI is InChI=1S/C15H18N2O3/c18-17(19)15-7-1-6-14-13(15)8-10-16(14)9-2-4-12-5-3-11-20-12/h1,6-8,10,12H,2-5,9,11H2. The van der Waals surface area contributed by atoms with Gasteiger partial charge in [-0.05, 0) is 37.8 Å². The Morgan fingerprint density at radius 3 is 3.05 bits per heavy atom. The highest BCUT2D eigenvalue weighted by atomic mass is 16.6. The lowest BCUT2D eigenvalue weighted by Gasteiger charge is -2.10. The molecule has 5 heteroatoms. The maximum Gasteiger partial charge on any atom is 0.278 e. The van der Waals surface area contributed by atoms with Gasteiger partial charge in [-0.2, -0.15) is 0 Å². The molecule has 0 radical (unpaired) electrons. The van der Waals surface area contributed by atoms with Crippen molar-refractivity contribution < 1.29 is 9.66 Å². The van der Waals surface area contributed by atoms with E-state index in [2.05, 4.69) is 4.57 Å². The van der Waals surface area contributed by atoms with Crippen molar-refractivity contribution in [2.45, 2.75) is 38.3 Å². The second-order valence-electron chi connectivity index (χ2n) is 5.25. The fraction of sp³-hybridized carbons (Fsp3) is 0.467. The monoisotopic (exact) mass is 274 g/mol. The first-order valence-electron chi connectivity index (χ1n) is 7.09. The topological polar surface area (TPSA) is 57.3 Å². The van der Waals surface area contributed by atoms with E-state index in [1.54, 1.807) is 12.1 Å². The molecule has 2 heterocycles. The molecule has 20 heavy (non-hydrogen) atoms. The van der Waals surface area contributed by atoms with E-state index in [4.69, 9.17) is 4.74 Å². The van der Waals surface area contributed by atoms with Crippen LogP contribution in [0.3, 0.4) is 0 Å². The number of nitrogens with zero attached hydrogens (tertiary/aromatic N) is 2. The van der Waals surface area contributed by atoms with Gasteiger partial charge in [0.25, 0.3) is 5.69 Å². The van der Waals surface area contributed by atoms with Crippen LogP contribution in [0.4, 0.5) is 5.69 Å². The van der Waals surface area contributed by atoms with Gasteiger partial charge in [-0.1, -0.05) is 6.07 Å². The minimum atomic E-state index is -0.320. The molecule has 1 atom stereocenters. The molecule has 0 spiro atoms. The van der Waals surface area contributed by atoms with Crippen molar-refractivity contribution in [1.29, 1.82) is 0 Å². The van der Waals surface area contributed by atoms with Crippen LogP contribution in [0.25, 0.3) is 10.9 Å². The number of aromatic nitrogens is 1. The molecule has 1 aliphatic heterocycles. The van der Waals surface area contributed by atoms with Crippen molar-refractivity contribution in [3.05, 3.63) is 40.6 Å². The van der Waals surface area contributed by atoms with Crippen LogP contribution < -0.4 is 0 Å². The average molecular weight is 274 g/mol. The molecule has 1 saturated heterocycles. The highest BCUT2D eigenvalue weighted by molar-refractivity contribution is 5.89. The number of non-ortho nitro benzene ring substituents is 1. The molecule has 0 amide bonds.